The van der Waals surface area contributed by atoms with E-state index in [0.29, 0.717) is 0 Å². The van der Waals surface area contributed by atoms with Gasteiger partial charge in [-0.1, -0.05) is 86.8 Å². The second-order valence-corrected chi connectivity index (χ2v) is 19.0. The number of allylic oxidation sites excluding steroid dienone is 6. The number of hydrogen-bond donors (Lipinski definition) is 0. The third-order valence-corrected chi connectivity index (χ3v) is 9.14. The Hall–Kier alpha value is 0.427. The Morgan fingerprint density at radius 1 is 0.885 bits per heavy atom. The molecule has 0 nitrogen and oxygen atoms in total. The van der Waals surface area contributed by atoms with Crippen molar-refractivity contribution in [3.63, 3.8) is 0 Å². The van der Waals surface area contributed by atoms with Crippen molar-refractivity contribution in [2.75, 3.05) is 0 Å². The van der Waals surface area contributed by atoms with Crippen molar-refractivity contribution in [3.05, 3.63) is 64.0 Å². The Morgan fingerprint density at radius 3 is 1.88 bits per heavy atom. The van der Waals surface area contributed by atoms with Gasteiger partial charge in [-0.2, -0.15) is 0 Å². The second-order valence-electron chi connectivity index (χ2n) is 8.57. The number of benzene rings is 1. The van der Waals surface area contributed by atoms with E-state index in [1.165, 1.54) is 27.1 Å². The third kappa shape index (κ3) is 4.88. The van der Waals surface area contributed by atoms with Gasteiger partial charge in [0.2, 0.25) is 0 Å². The Kier molecular flexibility index (Phi) is 9.44. The Morgan fingerprint density at radius 2 is 1.42 bits per heavy atom. The zero-order valence-electron chi connectivity index (χ0n) is 16.2. The molecule has 0 amide bonds. The van der Waals surface area contributed by atoms with Crippen LogP contribution in [-0.4, -0.2) is 21.0 Å². The SMILES string of the molecule is C[Si](C)(C)C1=[C-]C2C(c3ccccc3)=CC([Si](C)(C)C)=C2C1=S.[Cl-].[Cl-].[Zr+3]. The molecule has 0 heterocycles. The van der Waals surface area contributed by atoms with E-state index >= 15 is 0 Å². The molecule has 2 aliphatic rings. The van der Waals surface area contributed by atoms with Crippen molar-refractivity contribution in [3.8, 4) is 0 Å². The van der Waals surface area contributed by atoms with Gasteiger partial charge in [0.15, 0.2) is 0 Å². The molecule has 1 unspecified atom stereocenters. The van der Waals surface area contributed by atoms with Gasteiger partial charge in [0.25, 0.3) is 0 Å². The molecule has 1 aromatic carbocycles. The molecule has 0 spiro atoms. The number of rotatable bonds is 3. The molecule has 137 valence electrons. The maximum Gasteiger partial charge on any atom is 3.00 e. The summed E-state index contributed by atoms with van der Waals surface area (Å²) in [7, 11) is -2.89. The van der Waals surface area contributed by atoms with Crippen molar-refractivity contribution >= 4 is 38.8 Å². The molecule has 0 N–H and O–H groups in total. The number of fused-ring (bicyclic) bond motifs is 1. The Bertz CT molecular complexity index is 769. The van der Waals surface area contributed by atoms with Gasteiger partial charge in [0, 0.05) is 8.07 Å². The van der Waals surface area contributed by atoms with Crippen molar-refractivity contribution < 1.29 is 51.0 Å². The van der Waals surface area contributed by atoms with Crippen LogP contribution in [-0.2, 0) is 26.2 Å². The average molecular weight is 516 g/mol. The molecule has 0 bridgehead atoms. The number of hydrogen-bond acceptors (Lipinski definition) is 1. The van der Waals surface area contributed by atoms with Crippen LogP contribution in [0.25, 0.3) is 5.57 Å². The first kappa shape index (κ1) is 26.4. The van der Waals surface area contributed by atoms with Gasteiger partial charge >= 0.3 is 26.2 Å². The number of halogens is 2. The molecule has 2 aliphatic carbocycles. The van der Waals surface area contributed by atoms with Crippen LogP contribution in [0.3, 0.4) is 0 Å². The van der Waals surface area contributed by atoms with Gasteiger partial charge in [0.1, 0.15) is 0 Å². The fourth-order valence-corrected chi connectivity index (χ4v) is 7.79. The van der Waals surface area contributed by atoms with E-state index in [0.717, 1.165) is 4.86 Å². The van der Waals surface area contributed by atoms with Gasteiger partial charge < -0.3 is 24.8 Å². The summed E-state index contributed by atoms with van der Waals surface area (Å²) in [6.45, 7) is 14.4. The molecule has 0 saturated carbocycles. The van der Waals surface area contributed by atoms with Crippen LogP contribution in [0.15, 0.2) is 52.4 Å². The molecule has 6 heteroatoms. The molecular weight excluding hydrogens is 491 g/mol. The summed E-state index contributed by atoms with van der Waals surface area (Å²) in [6.07, 6.45) is 6.26. The van der Waals surface area contributed by atoms with Crippen molar-refractivity contribution in [1.82, 2.24) is 0 Å². The maximum absolute atomic E-state index is 5.94. The topological polar surface area (TPSA) is 0 Å². The normalized spacial score (nSPS) is 19.0. The molecule has 1 aromatic rings. The predicted molar refractivity (Wildman–Crippen MR) is 111 cm³/mol. The van der Waals surface area contributed by atoms with Crippen molar-refractivity contribution in [2.45, 2.75) is 39.3 Å². The van der Waals surface area contributed by atoms with Gasteiger partial charge in [0.05, 0.1) is 8.07 Å². The maximum atomic E-state index is 5.94. The zero-order chi connectivity index (χ0) is 17.0. The molecule has 0 saturated heterocycles. The van der Waals surface area contributed by atoms with Crippen LogP contribution in [0.1, 0.15) is 5.56 Å². The molecule has 1 radical (unpaired) electrons. The largest absolute Gasteiger partial charge is 3.00 e. The van der Waals surface area contributed by atoms with Crippen molar-refractivity contribution in [1.29, 1.82) is 0 Å². The standard InChI is InChI=1S/C20H25SSi2.2ClH.Zr/c1-22(2,3)17-12-15(14-10-8-7-9-11-14)16-13-18(23(4,5)6)20(21)19(16)17;;;/h7-12,16H,1-6H3;2*1H;/q-1;;;+3/p-2. The smallest absolute Gasteiger partial charge is 1.00 e. The van der Waals surface area contributed by atoms with E-state index in [1.807, 2.05) is 0 Å². The van der Waals surface area contributed by atoms with Gasteiger partial charge in [-0.15, -0.1) is 10.4 Å². The molecule has 0 aliphatic heterocycles. The number of thiocarbonyl (C=S) groups is 1. The first-order valence-corrected chi connectivity index (χ1v) is 15.7. The van der Waals surface area contributed by atoms with Crippen LogP contribution in [0.5, 0.6) is 0 Å². The van der Waals surface area contributed by atoms with Crippen LogP contribution in [0.4, 0.5) is 0 Å². The van der Waals surface area contributed by atoms with Crippen LogP contribution in [0.2, 0.25) is 39.3 Å². The summed E-state index contributed by atoms with van der Waals surface area (Å²) in [4.78, 5) is 1.12. The van der Waals surface area contributed by atoms with E-state index < -0.39 is 16.1 Å². The van der Waals surface area contributed by atoms with E-state index in [-0.39, 0.29) is 56.9 Å². The van der Waals surface area contributed by atoms with E-state index in [1.54, 1.807) is 0 Å². The second kappa shape index (κ2) is 9.28. The van der Waals surface area contributed by atoms with E-state index in [2.05, 4.69) is 81.8 Å². The van der Waals surface area contributed by atoms with Crippen molar-refractivity contribution in [2.24, 2.45) is 5.92 Å². The van der Waals surface area contributed by atoms with Crippen LogP contribution >= 0.6 is 12.2 Å². The minimum absolute atomic E-state index is 0. The Labute approximate surface area is 197 Å². The van der Waals surface area contributed by atoms with Gasteiger partial charge in [-0.25, -0.2) is 17.4 Å². The minimum atomic E-state index is -1.45. The predicted octanol–water partition coefficient (Wildman–Crippen LogP) is -0.130. The summed E-state index contributed by atoms with van der Waals surface area (Å²) in [5.74, 6) is 0.272. The first-order valence-electron chi connectivity index (χ1n) is 8.31. The fraction of sp³-hybridized carbons (Fsp3) is 0.350. The molecule has 0 fully saturated rings. The van der Waals surface area contributed by atoms with Crippen LogP contribution < -0.4 is 24.8 Å². The average Bonchev–Trinajstić information content (AvgIpc) is 2.97. The summed E-state index contributed by atoms with van der Waals surface area (Å²) < 4.78 is 0. The summed E-state index contributed by atoms with van der Waals surface area (Å²) in [5, 5.41) is 2.90. The first-order chi connectivity index (χ1) is 10.6. The summed E-state index contributed by atoms with van der Waals surface area (Å²) in [6, 6.07) is 10.8. The fourth-order valence-electron chi connectivity index (χ4n) is 3.43. The molecule has 1 atom stereocenters. The van der Waals surface area contributed by atoms with E-state index in [4.69, 9.17) is 12.2 Å². The van der Waals surface area contributed by atoms with Crippen LogP contribution in [0, 0.1) is 12.0 Å². The molecule has 0 aromatic heterocycles. The quantitative estimate of drug-likeness (QED) is 0.307. The van der Waals surface area contributed by atoms with Gasteiger partial charge in [-0.3, -0.25) is 6.08 Å². The zero-order valence-corrected chi connectivity index (χ0v) is 23.0. The molecule has 3 rings (SSSR count). The molecular formula is C20H25Cl2SSi2Zr. The summed E-state index contributed by atoms with van der Waals surface area (Å²) >= 11 is 5.94. The summed E-state index contributed by atoms with van der Waals surface area (Å²) in [5.41, 5.74) is 4.12. The third-order valence-electron chi connectivity index (χ3n) is 4.62. The van der Waals surface area contributed by atoms with E-state index in [9.17, 15) is 0 Å². The monoisotopic (exact) mass is 513 g/mol. The minimum Gasteiger partial charge on any atom is -1.00 e. The van der Waals surface area contributed by atoms with Gasteiger partial charge in [-0.05, 0) is 11.1 Å². The molecule has 26 heavy (non-hydrogen) atoms. The Balaban J connectivity index is 0.00000208.